The van der Waals surface area contributed by atoms with Crippen LogP contribution in [0.3, 0.4) is 0 Å². The highest BCUT2D eigenvalue weighted by molar-refractivity contribution is 8.00. The maximum atomic E-state index is 12.0. The number of amides is 1. The van der Waals surface area contributed by atoms with E-state index >= 15 is 0 Å². The van der Waals surface area contributed by atoms with E-state index < -0.39 is 0 Å². The zero-order valence-electron chi connectivity index (χ0n) is 13.0. The number of anilines is 1. The number of aromatic nitrogens is 2. The van der Waals surface area contributed by atoms with Gasteiger partial charge in [-0.25, -0.2) is 0 Å². The van der Waals surface area contributed by atoms with E-state index in [2.05, 4.69) is 10.4 Å². The molecule has 1 amide bonds. The monoisotopic (exact) mass is 323 g/mol. The molecule has 2 heterocycles. The molecule has 22 heavy (non-hydrogen) atoms. The topological polar surface area (TPSA) is 56.2 Å². The van der Waals surface area contributed by atoms with Gasteiger partial charge in [0.05, 0.1) is 30.3 Å². The van der Waals surface area contributed by atoms with Crippen molar-refractivity contribution in [1.82, 2.24) is 9.78 Å². The highest BCUT2D eigenvalue weighted by atomic mass is 32.2. The van der Waals surface area contributed by atoms with Crippen LogP contribution in [-0.2, 0) is 16.1 Å². The van der Waals surface area contributed by atoms with Gasteiger partial charge in [-0.2, -0.15) is 5.10 Å². The summed E-state index contributed by atoms with van der Waals surface area (Å²) in [5, 5.41) is 7.93. The Kier molecular flexibility index (Phi) is 5.78. The van der Waals surface area contributed by atoms with Gasteiger partial charge in [0.25, 0.3) is 0 Å². The average molecular weight is 323 g/mol. The minimum absolute atomic E-state index is 0.0744. The molecule has 2 aliphatic rings. The molecule has 1 saturated heterocycles. The third kappa shape index (κ3) is 4.74. The van der Waals surface area contributed by atoms with E-state index in [1.54, 1.807) is 18.0 Å². The molecule has 3 rings (SSSR count). The minimum Gasteiger partial charge on any atom is -0.376 e. The standard InChI is InChI=1S/C16H25N3O2S/c20-16(12-22-15-6-1-2-7-15)18-13-9-17-19(10-13)11-14-5-3-4-8-21-14/h9-10,14-15H,1-8,11-12H2,(H,18,20). The third-order valence-corrected chi connectivity index (χ3v) is 5.71. The maximum absolute atomic E-state index is 12.0. The Hall–Kier alpha value is -1.01. The van der Waals surface area contributed by atoms with Crippen LogP contribution in [0.15, 0.2) is 12.4 Å². The lowest BCUT2D eigenvalue weighted by Crippen LogP contribution is -2.24. The van der Waals surface area contributed by atoms with E-state index in [0.717, 1.165) is 31.7 Å². The normalized spacial score (nSPS) is 22.8. The van der Waals surface area contributed by atoms with Gasteiger partial charge in [0.2, 0.25) is 5.91 Å². The van der Waals surface area contributed by atoms with Crippen molar-refractivity contribution < 1.29 is 9.53 Å². The van der Waals surface area contributed by atoms with E-state index in [-0.39, 0.29) is 12.0 Å². The van der Waals surface area contributed by atoms with Crippen molar-refractivity contribution in [2.75, 3.05) is 17.7 Å². The van der Waals surface area contributed by atoms with E-state index in [1.807, 2.05) is 10.9 Å². The van der Waals surface area contributed by atoms with Gasteiger partial charge in [-0.15, -0.1) is 11.8 Å². The Morgan fingerprint density at radius 3 is 2.91 bits per heavy atom. The molecular formula is C16H25N3O2S. The average Bonchev–Trinajstić information content (AvgIpc) is 3.18. The molecular weight excluding hydrogens is 298 g/mol. The molecule has 5 nitrogen and oxygen atoms in total. The number of carbonyl (C=O) groups excluding carboxylic acids is 1. The molecule has 1 atom stereocenters. The largest absolute Gasteiger partial charge is 0.376 e. The SMILES string of the molecule is O=C(CSC1CCCC1)Nc1cnn(CC2CCCCO2)c1. The van der Waals surface area contributed by atoms with E-state index in [9.17, 15) is 4.79 Å². The quantitative estimate of drug-likeness (QED) is 0.874. The van der Waals surface area contributed by atoms with Crippen molar-refractivity contribution in [2.24, 2.45) is 0 Å². The van der Waals surface area contributed by atoms with Crippen molar-refractivity contribution in [2.45, 2.75) is 62.8 Å². The summed E-state index contributed by atoms with van der Waals surface area (Å²) in [4.78, 5) is 12.0. The van der Waals surface area contributed by atoms with E-state index in [1.165, 1.54) is 32.1 Å². The Morgan fingerprint density at radius 2 is 2.14 bits per heavy atom. The van der Waals surface area contributed by atoms with Crippen molar-refractivity contribution in [3.05, 3.63) is 12.4 Å². The van der Waals surface area contributed by atoms with Crippen LogP contribution in [0.5, 0.6) is 0 Å². The summed E-state index contributed by atoms with van der Waals surface area (Å²) in [5.74, 6) is 0.618. The number of hydrogen-bond acceptors (Lipinski definition) is 4. The fourth-order valence-electron chi connectivity index (χ4n) is 3.13. The van der Waals surface area contributed by atoms with Crippen molar-refractivity contribution in [3.8, 4) is 0 Å². The van der Waals surface area contributed by atoms with Gasteiger partial charge in [-0.3, -0.25) is 9.48 Å². The molecule has 0 aromatic carbocycles. The van der Waals surface area contributed by atoms with Gasteiger partial charge >= 0.3 is 0 Å². The number of ether oxygens (including phenoxy) is 1. The second-order valence-electron chi connectivity index (χ2n) is 6.21. The lowest BCUT2D eigenvalue weighted by molar-refractivity contribution is -0.113. The number of nitrogens with zero attached hydrogens (tertiary/aromatic N) is 2. The summed E-state index contributed by atoms with van der Waals surface area (Å²) < 4.78 is 7.59. The van der Waals surface area contributed by atoms with Crippen LogP contribution in [0.2, 0.25) is 0 Å². The highest BCUT2D eigenvalue weighted by Gasteiger charge is 2.17. The summed E-state index contributed by atoms with van der Waals surface area (Å²) in [7, 11) is 0. The first kappa shape index (κ1) is 15.9. The number of nitrogens with one attached hydrogen (secondary N) is 1. The fraction of sp³-hybridized carbons (Fsp3) is 0.750. The third-order valence-electron chi connectivity index (χ3n) is 4.33. The van der Waals surface area contributed by atoms with Crippen molar-refractivity contribution in [1.29, 1.82) is 0 Å². The van der Waals surface area contributed by atoms with Crippen molar-refractivity contribution >= 4 is 23.4 Å². The smallest absolute Gasteiger partial charge is 0.234 e. The molecule has 6 heteroatoms. The van der Waals surface area contributed by atoms with Crippen LogP contribution in [0.4, 0.5) is 5.69 Å². The molecule has 1 aliphatic heterocycles. The number of thioether (sulfide) groups is 1. The molecule has 1 unspecified atom stereocenters. The van der Waals surface area contributed by atoms with Crippen LogP contribution in [0, 0.1) is 0 Å². The molecule has 0 spiro atoms. The first-order valence-electron chi connectivity index (χ1n) is 8.35. The maximum Gasteiger partial charge on any atom is 0.234 e. The molecule has 1 aromatic rings. The lowest BCUT2D eigenvalue weighted by atomic mass is 10.1. The van der Waals surface area contributed by atoms with Gasteiger partial charge in [-0.05, 0) is 32.1 Å². The number of carbonyl (C=O) groups is 1. The summed E-state index contributed by atoms with van der Waals surface area (Å²) in [6.07, 6.45) is 12.5. The Bertz CT molecular complexity index is 479. The van der Waals surface area contributed by atoms with Gasteiger partial charge in [-0.1, -0.05) is 12.8 Å². The summed E-state index contributed by atoms with van der Waals surface area (Å²) in [6, 6.07) is 0. The second-order valence-corrected chi connectivity index (χ2v) is 7.49. The van der Waals surface area contributed by atoms with Crippen LogP contribution in [-0.4, -0.2) is 39.4 Å². The minimum atomic E-state index is 0.0744. The number of hydrogen-bond donors (Lipinski definition) is 1. The Labute approximate surface area is 136 Å². The van der Waals surface area contributed by atoms with Crippen LogP contribution in [0.25, 0.3) is 0 Å². The predicted molar refractivity (Wildman–Crippen MR) is 89.2 cm³/mol. The van der Waals surface area contributed by atoms with Crippen LogP contribution < -0.4 is 5.32 Å². The molecule has 1 aromatic heterocycles. The highest BCUT2D eigenvalue weighted by Crippen LogP contribution is 2.29. The molecule has 1 aliphatic carbocycles. The first-order valence-corrected chi connectivity index (χ1v) is 9.40. The van der Waals surface area contributed by atoms with Gasteiger partial charge < -0.3 is 10.1 Å². The second kappa shape index (κ2) is 8.02. The van der Waals surface area contributed by atoms with Crippen molar-refractivity contribution in [3.63, 3.8) is 0 Å². The first-order chi connectivity index (χ1) is 10.8. The van der Waals surface area contributed by atoms with Crippen LogP contribution >= 0.6 is 11.8 Å². The molecule has 1 saturated carbocycles. The lowest BCUT2D eigenvalue weighted by Gasteiger charge is -2.22. The molecule has 122 valence electrons. The zero-order valence-corrected chi connectivity index (χ0v) is 13.8. The van der Waals surface area contributed by atoms with E-state index in [4.69, 9.17) is 4.74 Å². The molecule has 2 fully saturated rings. The Balaban J connectivity index is 1.41. The molecule has 0 bridgehead atoms. The summed E-state index contributed by atoms with van der Waals surface area (Å²) in [6.45, 7) is 1.63. The van der Waals surface area contributed by atoms with E-state index in [0.29, 0.717) is 11.0 Å². The Morgan fingerprint density at radius 1 is 1.32 bits per heavy atom. The summed E-state index contributed by atoms with van der Waals surface area (Å²) >= 11 is 1.79. The van der Waals surface area contributed by atoms with Gasteiger partial charge in [0, 0.05) is 18.1 Å². The van der Waals surface area contributed by atoms with Gasteiger partial charge in [0.15, 0.2) is 0 Å². The summed E-state index contributed by atoms with van der Waals surface area (Å²) in [5.41, 5.74) is 0.785. The molecule has 1 N–H and O–H groups in total. The van der Waals surface area contributed by atoms with Crippen LogP contribution in [0.1, 0.15) is 44.9 Å². The van der Waals surface area contributed by atoms with Gasteiger partial charge in [0.1, 0.15) is 0 Å². The fourth-order valence-corrected chi connectivity index (χ4v) is 4.26. The molecule has 0 radical (unpaired) electrons. The predicted octanol–water partition coefficient (Wildman–Crippen LogP) is 3.07. The zero-order chi connectivity index (χ0) is 15.2. The number of rotatable bonds is 6.